The Bertz CT molecular complexity index is 894. The number of hydrogen-bond donors (Lipinski definition) is 0. The van der Waals surface area contributed by atoms with Crippen LogP contribution in [0.15, 0.2) is 54.1 Å². The third kappa shape index (κ3) is 5.72. The van der Waals surface area contributed by atoms with Crippen LogP contribution in [0.2, 0.25) is 0 Å². The van der Waals surface area contributed by atoms with Crippen molar-refractivity contribution in [2.45, 2.75) is 45.4 Å². The van der Waals surface area contributed by atoms with Gasteiger partial charge in [0.05, 0.1) is 0 Å². The lowest BCUT2D eigenvalue weighted by molar-refractivity contribution is -0.134. The Morgan fingerprint density at radius 3 is 2.61 bits per heavy atom. The van der Waals surface area contributed by atoms with E-state index in [2.05, 4.69) is 25.1 Å². The quantitative estimate of drug-likeness (QED) is 0.510. The molecule has 2 aromatic carbocycles. The third-order valence-corrected chi connectivity index (χ3v) is 4.76. The lowest BCUT2D eigenvalue weighted by Crippen LogP contribution is -2.09. The van der Waals surface area contributed by atoms with Gasteiger partial charge in [-0.2, -0.15) is 13.2 Å². The molecule has 5 heteroatoms. The SMILES string of the molecule is CC1=CC=Cc2ccc(COc3ccc(CCC(F)(F)F)c(F)c3)cc2CC1. The molecule has 148 valence electrons. The van der Waals surface area contributed by atoms with E-state index in [1.54, 1.807) is 0 Å². The van der Waals surface area contributed by atoms with Gasteiger partial charge in [0.1, 0.15) is 18.2 Å². The van der Waals surface area contributed by atoms with E-state index in [1.165, 1.54) is 28.8 Å². The van der Waals surface area contributed by atoms with E-state index >= 15 is 0 Å². The van der Waals surface area contributed by atoms with Crippen LogP contribution in [0.25, 0.3) is 6.08 Å². The lowest BCUT2D eigenvalue weighted by Gasteiger charge is -2.13. The molecule has 0 atom stereocenters. The summed E-state index contributed by atoms with van der Waals surface area (Å²) >= 11 is 0. The summed E-state index contributed by atoms with van der Waals surface area (Å²) in [6.07, 6.45) is 2.47. The van der Waals surface area contributed by atoms with Crippen molar-refractivity contribution < 1.29 is 22.3 Å². The number of fused-ring (bicyclic) bond motifs is 1. The van der Waals surface area contributed by atoms with Crippen molar-refractivity contribution in [3.8, 4) is 5.75 Å². The molecular weight excluding hydrogens is 368 g/mol. The van der Waals surface area contributed by atoms with Crippen LogP contribution >= 0.6 is 0 Å². The first-order valence-corrected chi connectivity index (χ1v) is 9.24. The minimum atomic E-state index is -4.30. The Hall–Kier alpha value is -2.56. The number of alkyl halides is 3. The van der Waals surface area contributed by atoms with Gasteiger partial charge >= 0.3 is 6.18 Å². The molecule has 0 aliphatic heterocycles. The van der Waals surface area contributed by atoms with Crippen molar-refractivity contribution in [3.63, 3.8) is 0 Å². The Labute approximate surface area is 162 Å². The molecule has 1 nitrogen and oxygen atoms in total. The first-order chi connectivity index (χ1) is 13.3. The van der Waals surface area contributed by atoms with E-state index in [0.717, 1.165) is 24.5 Å². The predicted octanol–water partition coefficient (Wildman–Crippen LogP) is 6.81. The standard InChI is InChI=1S/C23H22F4O/c1-16-3-2-4-18-8-6-17(13-20(18)7-5-16)15-28-21-10-9-19(22(24)14-21)11-12-23(25,26)27/h2-4,6,8-10,13-14H,5,7,11-12,15H2,1H3. The topological polar surface area (TPSA) is 9.23 Å². The Morgan fingerprint density at radius 2 is 1.86 bits per heavy atom. The van der Waals surface area contributed by atoms with Gasteiger partial charge in [-0.3, -0.25) is 0 Å². The van der Waals surface area contributed by atoms with Crippen LogP contribution < -0.4 is 4.74 Å². The van der Waals surface area contributed by atoms with E-state index in [-0.39, 0.29) is 18.6 Å². The highest BCUT2D eigenvalue weighted by Crippen LogP contribution is 2.26. The van der Waals surface area contributed by atoms with Gasteiger partial charge in [-0.05, 0) is 54.5 Å². The molecule has 0 N–H and O–H groups in total. The average molecular weight is 390 g/mol. The van der Waals surface area contributed by atoms with E-state index in [1.807, 2.05) is 18.2 Å². The Balaban J connectivity index is 1.64. The first kappa shape index (κ1) is 20.2. The summed E-state index contributed by atoms with van der Waals surface area (Å²) in [5, 5.41) is 0. The number of benzene rings is 2. The molecule has 1 aliphatic rings. The summed E-state index contributed by atoms with van der Waals surface area (Å²) in [6, 6.07) is 10.1. The fraction of sp³-hybridized carbons (Fsp3) is 0.304. The van der Waals surface area contributed by atoms with Gasteiger partial charge in [0.15, 0.2) is 0 Å². The van der Waals surface area contributed by atoms with Crippen LogP contribution in [0.5, 0.6) is 5.75 Å². The summed E-state index contributed by atoms with van der Waals surface area (Å²) in [7, 11) is 0. The maximum absolute atomic E-state index is 14.0. The van der Waals surface area contributed by atoms with Crippen LogP contribution in [-0.4, -0.2) is 6.18 Å². The molecule has 28 heavy (non-hydrogen) atoms. The van der Waals surface area contributed by atoms with E-state index in [4.69, 9.17) is 4.74 Å². The normalized spacial score (nSPS) is 14.1. The second-order valence-electron chi connectivity index (χ2n) is 7.06. The minimum absolute atomic E-state index is 0.0426. The van der Waals surface area contributed by atoms with Crippen molar-refractivity contribution in [1.82, 2.24) is 0 Å². The van der Waals surface area contributed by atoms with Crippen LogP contribution in [0.1, 0.15) is 42.0 Å². The average Bonchev–Trinajstić information content (AvgIpc) is 2.62. The van der Waals surface area contributed by atoms with Crippen molar-refractivity contribution >= 4 is 6.08 Å². The van der Waals surface area contributed by atoms with Crippen LogP contribution in [0, 0.1) is 5.82 Å². The molecule has 0 saturated carbocycles. The highest BCUT2D eigenvalue weighted by Gasteiger charge is 2.27. The summed E-state index contributed by atoms with van der Waals surface area (Å²) in [4.78, 5) is 0. The van der Waals surface area contributed by atoms with Gasteiger partial charge in [-0.25, -0.2) is 4.39 Å². The fourth-order valence-electron chi connectivity index (χ4n) is 3.12. The maximum Gasteiger partial charge on any atom is 0.389 e. The smallest absolute Gasteiger partial charge is 0.389 e. The molecule has 0 amide bonds. The van der Waals surface area contributed by atoms with E-state index in [0.29, 0.717) is 5.75 Å². The van der Waals surface area contributed by atoms with Crippen molar-refractivity contribution in [2.24, 2.45) is 0 Å². The van der Waals surface area contributed by atoms with Gasteiger partial charge in [-0.15, -0.1) is 0 Å². The second kappa shape index (κ2) is 8.63. The molecule has 0 heterocycles. The fourth-order valence-corrected chi connectivity index (χ4v) is 3.12. The molecule has 2 aromatic rings. The van der Waals surface area contributed by atoms with E-state index in [9.17, 15) is 17.6 Å². The zero-order valence-corrected chi connectivity index (χ0v) is 15.7. The van der Waals surface area contributed by atoms with Crippen molar-refractivity contribution in [3.05, 3.63) is 82.2 Å². The van der Waals surface area contributed by atoms with Crippen LogP contribution in [0.4, 0.5) is 17.6 Å². The maximum atomic E-state index is 14.0. The molecule has 3 rings (SSSR count). The highest BCUT2D eigenvalue weighted by molar-refractivity contribution is 5.57. The van der Waals surface area contributed by atoms with Gasteiger partial charge in [0, 0.05) is 12.5 Å². The molecule has 0 bridgehead atoms. The second-order valence-corrected chi connectivity index (χ2v) is 7.06. The number of halogens is 4. The van der Waals surface area contributed by atoms with Gasteiger partial charge < -0.3 is 4.74 Å². The molecule has 0 radical (unpaired) electrons. The van der Waals surface area contributed by atoms with Crippen LogP contribution in [0.3, 0.4) is 0 Å². The van der Waals surface area contributed by atoms with Gasteiger partial charge in [-0.1, -0.05) is 48.1 Å². The summed E-state index contributed by atoms with van der Waals surface area (Å²) in [5.74, 6) is -0.369. The highest BCUT2D eigenvalue weighted by atomic mass is 19.4. The zero-order valence-electron chi connectivity index (χ0n) is 15.7. The predicted molar refractivity (Wildman–Crippen MR) is 103 cm³/mol. The van der Waals surface area contributed by atoms with Gasteiger partial charge in [0.2, 0.25) is 0 Å². The summed E-state index contributed by atoms with van der Waals surface area (Å²) in [5.41, 5.74) is 4.74. The summed E-state index contributed by atoms with van der Waals surface area (Å²) in [6.45, 7) is 2.38. The molecule has 0 aromatic heterocycles. The number of ether oxygens (including phenoxy) is 1. The van der Waals surface area contributed by atoms with Crippen molar-refractivity contribution in [2.75, 3.05) is 0 Å². The molecular formula is C23H22F4O. The molecule has 0 spiro atoms. The largest absolute Gasteiger partial charge is 0.489 e. The molecule has 0 saturated heterocycles. The third-order valence-electron chi connectivity index (χ3n) is 4.76. The molecule has 0 unspecified atom stereocenters. The van der Waals surface area contributed by atoms with Gasteiger partial charge in [0.25, 0.3) is 0 Å². The first-order valence-electron chi connectivity index (χ1n) is 9.24. The minimum Gasteiger partial charge on any atom is -0.489 e. The zero-order chi connectivity index (χ0) is 20.1. The number of allylic oxidation sites excluding steroid dienone is 3. The van der Waals surface area contributed by atoms with Crippen molar-refractivity contribution in [1.29, 1.82) is 0 Å². The Morgan fingerprint density at radius 1 is 1.04 bits per heavy atom. The number of aryl methyl sites for hydroxylation is 2. The molecule has 0 fully saturated rings. The number of hydrogen-bond acceptors (Lipinski definition) is 1. The van der Waals surface area contributed by atoms with E-state index < -0.39 is 18.4 Å². The lowest BCUT2D eigenvalue weighted by atomic mass is 9.96. The molecule has 1 aliphatic carbocycles. The monoisotopic (exact) mass is 390 g/mol. The number of rotatable bonds is 5. The Kier molecular flexibility index (Phi) is 6.22. The summed E-state index contributed by atoms with van der Waals surface area (Å²) < 4.78 is 56.6. The van der Waals surface area contributed by atoms with Crippen LogP contribution in [-0.2, 0) is 19.4 Å².